The fraction of sp³-hybridized carbons (Fsp3) is 0.200. The topological polar surface area (TPSA) is 59.3 Å². The van der Waals surface area contributed by atoms with Crippen LogP contribution in [-0.4, -0.2) is 11.7 Å². The van der Waals surface area contributed by atoms with Gasteiger partial charge in [-0.15, -0.1) is 11.8 Å². The van der Waals surface area contributed by atoms with E-state index in [-0.39, 0.29) is 11.4 Å². The maximum absolute atomic E-state index is 13.6. The van der Waals surface area contributed by atoms with Gasteiger partial charge in [-0.3, -0.25) is 4.79 Å². The van der Waals surface area contributed by atoms with Gasteiger partial charge in [0.05, 0.1) is 11.4 Å². The van der Waals surface area contributed by atoms with Crippen LogP contribution in [0.25, 0.3) is 11.0 Å². The maximum atomic E-state index is 13.6. The van der Waals surface area contributed by atoms with Gasteiger partial charge in [0.15, 0.2) is 0 Å². The molecule has 0 bridgehead atoms. The molecule has 1 aromatic heterocycles. The molecule has 7 heteroatoms. The zero-order valence-electron chi connectivity index (χ0n) is 14.6. The first-order valence-electron chi connectivity index (χ1n) is 8.34. The standard InChI is InChI=1S/C20H17F2NO3S/c1-2-12-3-5-15-13(8-20(25)26-18(15)7-12)10-27-11-19(24)23-17-9-14(21)4-6-16(17)22/h3-9H,2,10-11H2,1H3,(H,23,24). The van der Waals surface area contributed by atoms with Gasteiger partial charge < -0.3 is 9.73 Å². The third-order valence-electron chi connectivity index (χ3n) is 4.00. The second-order valence-corrected chi connectivity index (χ2v) is 6.93. The summed E-state index contributed by atoms with van der Waals surface area (Å²) in [5.74, 6) is -1.34. The molecule has 4 nitrogen and oxygen atoms in total. The average molecular weight is 389 g/mol. The van der Waals surface area contributed by atoms with Crippen molar-refractivity contribution >= 4 is 34.3 Å². The Hall–Kier alpha value is -2.67. The highest BCUT2D eigenvalue weighted by molar-refractivity contribution is 7.99. The molecule has 0 radical (unpaired) electrons. The molecule has 1 heterocycles. The molecule has 3 aromatic rings. The Morgan fingerprint density at radius 2 is 1.96 bits per heavy atom. The number of amides is 1. The van der Waals surface area contributed by atoms with Gasteiger partial charge in [0.25, 0.3) is 0 Å². The zero-order chi connectivity index (χ0) is 19.4. The van der Waals surface area contributed by atoms with Crippen molar-refractivity contribution in [2.45, 2.75) is 19.1 Å². The minimum absolute atomic E-state index is 0.0325. The highest BCUT2D eigenvalue weighted by Crippen LogP contribution is 2.23. The third kappa shape index (κ3) is 4.74. The van der Waals surface area contributed by atoms with Crippen molar-refractivity contribution in [2.24, 2.45) is 0 Å². The Labute approximate surface area is 158 Å². The van der Waals surface area contributed by atoms with Crippen molar-refractivity contribution in [1.29, 1.82) is 0 Å². The van der Waals surface area contributed by atoms with E-state index >= 15 is 0 Å². The van der Waals surface area contributed by atoms with Crippen LogP contribution in [-0.2, 0) is 17.0 Å². The van der Waals surface area contributed by atoms with Crippen LogP contribution in [0.2, 0.25) is 0 Å². The number of halogens is 2. The van der Waals surface area contributed by atoms with Crippen LogP contribution < -0.4 is 10.9 Å². The second-order valence-electron chi connectivity index (χ2n) is 5.94. The summed E-state index contributed by atoms with van der Waals surface area (Å²) >= 11 is 1.27. The lowest BCUT2D eigenvalue weighted by Crippen LogP contribution is -2.15. The van der Waals surface area contributed by atoms with Gasteiger partial charge in [-0.25, -0.2) is 13.6 Å². The summed E-state index contributed by atoms with van der Waals surface area (Å²) in [5.41, 5.74) is 1.70. The first-order chi connectivity index (χ1) is 13.0. The lowest BCUT2D eigenvalue weighted by Gasteiger charge is -2.08. The van der Waals surface area contributed by atoms with Gasteiger partial charge in [0.1, 0.15) is 17.2 Å². The predicted molar refractivity (Wildman–Crippen MR) is 103 cm³/mol. The van der Waals surface area contributed by atoms with E-state index in [4.69, 9.17) is 4.42 Å². The number of fused-ring (bicyclic) bond motifs is 1. The zero-order valence-corrected chi connectivity index (χ0v) is 15.4. The lowest BCUT2D eigenvalue weighted by molar-refractivity contribution is -0.113. The number of benzene rings is 2. The highest BCUT2D eigenvalue weighted by Gasteiger charge is 2.10. The van der Waals surface area contributed by atoms with Crippen molar-refractivity contribution in [3.05, 3.63) is 75.6 Å². The monoisotopic (exact) mass is 389 g/mol. The number of anilines is 1. The van der Waals surface area contributed by atoms with Crippen molar-refractivity contribution in [3.8, 4) is 0 Å². The maximum Gasteiger partial charge on any atom is 0.336 e. The van der Waals surface area contributed by atoms with Crippen LogP contribution in [0.5, 0.6) is 0 Å². The fourth-order valence-electron chi connectivity index (χ4n) is 2.65. The molecule has 0 atom stereocenters. The molecule has 0 fully saturated rings. The van der Waals surface area contributed by atoms with E-state index < -0.39 is 23.2 Å². The molecular formula is C20H17F2NO3S. The minimum Gasteiger partial charge on any atom is -0.423 e. The SMILES string of the molecule is CCc1ccc2c(CSCC(=O)Nc3cc(F)ccc3F)cc(=O)oc2c1. The summed E-state index contributed by atoms with van der Waals surface area (Å²) in [6.45, 7) is 2.01. The largest absolute Gasteiger partial charge is 0.423 e. The van der Waals surface area contributed by atoms with Crippen LogP contribution in [0.3, 0.4) is 0 Å². The van der Waals surface area contributed by atoms with Gasteiger partial charge >= 0.3 is 5.63 Å². The van der Waals surface area contributed by atoms with Crippen molar-refractivity contribution < 1.29 is 18.0 Å². The highest BCUT2D eigenvalue weighted by atomic mass is 32.2. The molecule has 0 spiro atoms. The number of nitrogens with one attached hydrogen (secondary N) is 1. The molecule has 140 valence electrons. The number of carbonyl (C=O) groups is 1. The van der Waals surface area contributed by atoms with E-state index in [0.717, 1.165) is 41.1 Å². The average Bonchev–Trinajstić information content (AvgIpc) is 2.64. The van der Waals surface area contributed by atoms with Crippen LogP contribution in [0, 0.1) is 11.6 Å². The van der Waals surface area contributed by atoms with Gasteiger partial charge in [-0.1, -0.05) is 19.1 Å². The van der Waals surface area contributed by atoms with E-state index in [2.05, 4.69) is 5.32 Å². The summed E-state index contributed by atoms with van der Waals surface area (Å²) in [4.78, 5) is 23.8. The van der Waals surface area contributed by atoms with Gasteiger partial charge in [0, 0.05) is 23.3 Å². The number of thioether (sulfide) groups is 1. The first kappa shape index (κ1) is 19.1. The summed E-state index contributed by atoms with van der Waals surface area (Å²) in [5, 5.41) is 3.16. The number of hydrogen-bond donors (Lipinski definition) is 1. The van der Waals surface area contributed by atoms with Crippen LogP contribution in [0.4, 0.5) is 14.5 Å². The molecule has 0 aliphatic heterocycles. The Kier molecular flexibility index (Phi) is 5.91. The quantitative estimate of drug-likeness (QED) is 0.631. The molecule has 27 heavy (non-hydrogen) atoms. The summed E-state index contributed by atoms with van der Waals surface area (Å²) in [6.07, 6.45) is 0.829. The number of rotatable bonds is 6. The summed E-state index contributed by atoms with van der Waals surface area (Å²) in [6, 6.07) is 9.98. The van der Waals surface area contributed by atoms with Gasteiger partial charge in [0.2, 0.25) is 5.91 Å². The normalized spacial score (nSPS) is 10.9. The molecular weight excluding hydrogens is 372 g/mol. The predicted octanol–water partition coefficient (Wildman–Crippen LogP) is 4.51. The van der Waals surface area contributed by atoms with Gasteiger partial charge in [-0.05, 0) is 35.7 Å². The van der Waals surface area contributed by atoms with Crippen LogP contribution in [0.1, 0.15) is 18.1 Å². The van der Waals surface area contributed by atoms with E-state index in [0.29, 0.717) is 11.3 Å². The molecule has 2 aromatic carbocycles. The van der Waals surface area contributed by atoms with E-state index in [9.17, 15) is 18.4 Å². The van der Waals surface area contributed by atoms with Crippen LogP contribution >= 0.6 is 11.8 Å². The lowest BCUT2D eigenvalue weighted by atomic mass is 10.1. The van der Waals surface area contributed by atoms with Crippen molar-refractivity contribution in [1.82, 2.24) is 0 Å². The molecule has 0 aliphatic carbocycles. The smallest absolute Gasteiger partial charge is 0.336 e. The first-order valence-corrected chi connectivity index (χ1v) is 9.50. The molecule has 1 amide bonds. The Bertz CT molecular complexity index is 1050. The Balaban J connectivity index is 1.67. The Morgan fingerprint density at radius 3 is 2.74 bits per heavy atom. The number of carbonyl (C=O) groups excluding carboxylic acids is 1. The molecule has 1 N–H and O–H groups in total. The molecule has 0 saturated carbocycles. The third-order valence-corrected chi connectivity index (χ3v) is 4.98. The van der Waals surface area contributed by atoms with E-state index in [1.165, 1.54) is 17.8 Å². The number of hydrogen-bond acceptors (Lipinski definition) is 4. The molecule has 0 saturated heterocycles. The summed E-state index contributed by atoms with van der Waals surface area (Å²) in [7, 11) is 0. The van der Waals surface area contributed by atoms with Crippen molar-refractivity contribution in [3.63, 3.8) is 0 Å². The van der Waals surface area contributed by atoms with Gasteiger partial charge in [-0.2, -0.15) is 0 Å². The van der Waals surface area contributed by atoms with Crippen LogP contribution in [0.15, 0.2) is 51.7 Å². The van der Waals surface area contributed by atoms with Crippen molar-refractivity contribution in [2.75, 3.05) is 11.1 Å². The second kappa shape index (κ2) is 8.35. The summed E-state index contributed by atoms with van der Waals surface area (Å²) < 4.78 is 32.0. The molecule has 0 unspecified atom stereocenters. The molecule has 0 aliphatic rings. The van der Waals surface area contributed by atoms with E-state index in [1.54, 1.807) is 0 Å². The Morgan fingerprint density at radius 1 is 1.15 bits per heavy atom. The fourth-order valence-corrected chi connectivity index (χ4v) is 3.47. The number of aryl methyl sites for hydroxylation is 1. The molecule has 3 rings (SSSR count). The minimum atomic E-state index is -0.701. The van der Waals surface area contributed by atoms with E-state index in [1.807, 2.05) is 25.1 Å².